The second kappa shape index (κ2) is 3.60. The van der Waals surface area contributed by atoms with Crippen molar-refractivity contribution in [2.75, 3.05) is 0 Å². The Morgan fingerprint density at radius 3 is 2.38 bits per heavy atom. The molecule has 0 fully saturated rings. The third kappa shape index (κ3) is 1.36. The molecule has 0 aliphatic heterocycles. The highest BCUT2D eigenvalue weighted by Gasteiger charge is 2.30. The molecule has 0 spiro atoms. The largest absolute Gasteiger partial charge is 0.298 e. The molecule has 0 N–H and O–H groups in total. The maximum atomic E-state index is 12.0. The van der Waals surface area contributed by atoms with Crippen molar-refractivity contribution in [1.82, 2.24) is 0 Å². The van der Waals surface area contributed by atoms with Crippen LogP contribution >= 0.6 is 0 Å². The number of rotatable bonds is 1. The Kier molecular flexibility index (Phi) is 2.10. The molecule has 1 heteroatoms. The molecule has 0 amide bonds. The van der Waals surface area contributed by atoms with Gasteiger partial charge in [0, 0.05) is 6.42 Å². The second-order valence-corrected chi connectivity index (χ2v) is 4.19. The van der Waals surface area contributed by atoms with Crippen molar-refractivity contribution in [3.8, 4) is 0 Å². The van der Waals surface area contributed by atoms with Gasteiger partial charge < -0.3 is 0 Å². The Hall–Kier alpha value is -1.89. The zero-order chi connectivity index (χ0) is 11.0. The average molecular weight is 208 g/mol. The van der Waals surface area contributed by atoms with Crippen LogP contribution in [0.2, 0.25) is 0 Å². The standard InChI is InChI=1S/C15H12O/c16-14-10-12-8-4-5-9-13(12)15(14)11-6-2-1-3-7-11/h1-9,15H,10H2. The quantitative estimate of drug-likeness (QED) is 0.704. The van der Waals surface area contributed by atoms with E-state index < -0.39 is 0 Å². The number of hydrogen-bond donors (Lipinski definition) is 0. The normalized spacial score (nSPS) is 18.5. The van der Waals surface area contributed by atoms with E-state index in [-0.39, 0.29) is 5.92 Å². The number of benzene rings is 2. The molecule has 0 heterocycles. The van der Waals surface area contributed by atoms with E-state index in [1.165, 1.54) is 11.1 Å². The van der Waals surface area contributed by atoms with Crippen molar-refractivity contribution >= 4 is 5.78 Å². The van der Waals surface area contributed by atoms with Crippen molar-refractivity contribution in [2.45, 2.75) is 12.3 Å². The van der Waals surface area contributed by atoms with Crippen molar-refractivity contribution in [3.05, 3.63) is 71.3 Å². The van der Waals surface area contributed by atoms with Gasteiger partial charge in [-0.15, -0.1) is 0 Å². The van der Waals surface area contributed by atoms with E-state index >= 15 is 0 Å². The molecule has 1 atom stereocenters. The molecule has 1 unspecified atom stereocenters. The molecule has 0 radical (unpaired) electrons. The molecule has 0 saturated heterocycles. The molecule has 3 rings (SSSR count). The Morgan fingerprint density at radius 2 is 1.56 bits per heavy atom. The Balaban J connectivity index is 2.13. The lowest BCUT2D eigenvalue weighted by atomic mass is 9.92. The molecule has 16 heavy (non-hydrogen) atoms. The number of ketones is 1. The summed E-state index contributed by atoms with van der Waals surface area (Å²) in [6.07, 6.45) is 0.579. The Bertz CT molecular complexity index is 528. The summed E-state index contributed by atoms with van der Waals surface area (Å²) in [4.78, 5) is 12.0. The van der Waals surface area contributed by atoms with Crippen LogP contribution in [0, 0.1) is 0 Å². The minimum Gasteiger partial charge on any atom is -0.298 e. The molecule has 78 valence electrons. The predicted molar refractivity (Wildman–Crippen MR) is 63.4 cm³/mol. The first-order chi connectivity index (χ1) is 7.86. The van der Waals surface area contributed by atoms with E-state index in [9.17, 15) is 4.79 Å². The average Bonchev–Trinajstić information content (AvgIpc) is 2.66. The molecular weight excluding hydrogens is 196 g/mol. The topological polar surface area (TPSA) is 17.1 Å². The summed E-state index contributed by atoms with van der Waals surface area (Å²) in [5.41, 5.74) is 3.47. The van der Waals surface area contributed by atoms with Gasteiger partial charge in [0.1, 0.15) is 5.78 Å². The minimum absolute atomic E-state index is 0.0441. The fourth-order valence-electron chi connectivity index (χ4n) is 2.45. The Morgan fingerprint density at radius 1 is 0.875 bits per heavy atom. The smallest absolute Gasteiger partial charge is 0.149 e. The van der Waals surface area contributed by atoms with Crippen LogP contribution < -0.4 is 0 Å². The highest BCUT2D eigenvalue weighted by atomic mass is 16.1. The summed E-state index contributed by atoms with van der Waals surface area (Å²) >= 11 is 0. The molecule has 1 nitrogen and oxygen atoms in total. The molecule has 1 aliphatic rings. The summed E-state index contributed by atoms with van der Waals surface area (Å²) in [5.74, 6) is 0.268. The number of carbonyl (C=O) groups is 1. The van der Waals surface area contributed by atoms with Crippen LogP contribution in [-0.2, 0) is 11.2 Å². The SMILES string of the molecule is O=C1Cc2ccccc2C1c1ccccc1. The van der Waals surface area contributed by atoms with Crippen molar-refractivity contribution in [1.29, 1.82) is 0 Å². The third-order valence-electron chi connectivity index (χ3n) is 3.19. The van der Waals surface area contributed by atoms with Gasteiger partial charge >= 0.3 is 0 Å². The van der Waals surface area contributed by atoms with E-state index in [0.29, 0.717) is 12.2 Å². The molecular formula is C15H12O. The molecule has 0 aromatic heterocycles. The highest BCUT2D eigenvalue weighted by Crippen LogP contribution is 2.35. The number of hydrogen-bond acceptors (Lipinski definition) is 1. The van der Waals surface area contributed by atoms with Gasteiger partial charge in [-0.3, -0.25) is 4.79 Å². The van der Waals surface area contributed by atoms with E-state index in [4.69, 9.17) is 0 Å². The third-order valence-corrected chi connectivity index (χ3v) is 3.19. The lowest BCUT2D eigenvalue weighted by Gasteiger charge is -2.10. The first kappa shape index (κ1) is 9.34. The molecule has 1 aliphatic carbocycles. The number of fused-ring (bicyclic) bond motifs is 1. The Labute approximate surface area is 94.7 Å². The zero-order valence-corrected chi connectivity index (χ0v) is 8.89. The lowest BCUT2D eigenvalue weighted by molar-refractivity contribution is -0.118. The minimum atomic E-state index is -0.0441. The van der Waals surface area contributed by atoms with Crippen LogP contribution in [0.3, 0.4) is 0 Å². The van der Waals surface area contributed by atoms with Gasteiger partial charge in [0.2, 0.25) is 0 Å². The highest BCUT2D eigenvalue weighted by molar-refractivity contribution is 5.95. The maximum Gasteiger partial charge on any atom is 0.149 e. The molecule has 2 aromatic rings. The van der Waals surface area contributed by atoms with Crippen LogP contribution in [0.5, 0.6) is 0 Å². The summed E-state index contributed by atoms with van der Waals surface area (Å²) in [6.45, 7) is 0. The van der Waals surface area contributed by atoms with Gasteiger partial charge in [-0.2, -0.15) is 0 Å². The summed E-state index contributed by atoms with van der Waals surface area (Å²) < 4.78 is 0. The summed E-state index contributed by atoms with van der Waals surface area (Å²) in [7, 11) is 0. The van der Waals surface area contributed by atoms with Gasteiger partial charge in [0.15, 0.2) is 0 Å². The van der Waals surface area contributed by atoms with Gasteiger partial charge in [0.25, 0.3) is 0 Å². The second-order valence-electron chi connectivity index (χ2n) is 4.19. The molecule has 0 saturated carbocycles. The van der Waals surface area contributed by atoms with E-state index in [2.05, 4.69) is 12.1 Å². The zero-order valence-electron chi connectivity index (χ0n) is 8.89. The monoisotopic (exact) mass is 208 g/mol. The van der Waals surface area contributed by atoms with Crippen LogP contribution in [0.15, 0.2) is 54.6 Å². The van der Waals surface area contributed by atoms with Gasteiger partial charge in [0.05, 0.1) is 5.92 Å². The van der Waals surface area contributed by atoms with E-state index in [1.807, 2.05) is 42.5 Å². The summed E-state index contributed by atoms with van der Waals surface area (Å²) in [5, 5.41) is 0. The maximum absolute atomic E-state index is 12.0. The summed E-state index contributed by atoms with van der Waals surface area (Å²) in [6, 6.07) is 18.2. The van der Waals surface area contributed by atoms with Crippen LogP contribution in [0.4, 0.5) is 0 Å². The molecule has 2 aromatic carbocycles. The number of carbonyl (C=O) groups excluding carboxylic acids is 1. The predicted octanol–water partition coefficient (Wildman–Crippen LogP) is 2.94. The fraction of sp³-hybridized carbons (Fsp3) is 0.133. The fourth-order valence-corrected chi connectivity index (χ4v) is 2.45. The van der Waals surface area contributed by atoms with E-state index in [1.54, 1.807) is 0 Å². The van der Waals surface area contributed by atoms with Crippen molar-refractivity contribution < 1.29 is 4.79 Å². The first-order valence-electron chi connectivity index (χ1n) is 5.52. The van der Waals surface area contributed by atoms with Crippen LogP contribution in [0.1, 0.15) is 22.6 Å². The van der Waals surface area contributed by atoms with Crippen molar-refractivity contribution in [3.63, 3.8) is 0 Å². The van der Waals surface area contributed by atoms with Gasteiger partial charge in [-0.25, -0.2) is 0 Å². The number of Topliss-reactive ketones (excluding diaryl/α,β-unsaturated/α-hetero) is 1. The molecule has 0 bridgehead atoms. The van der Waals surface area contributed by atoms with Crippen LogP contribution in [-0.4, -0.2) is 5.78 Å². The lowest BCUT2D eigenvalue weighted by Crippen LogP contribution is -2.07. The van der Waals surface area contributed by atoms with Gasteiger partial charge in [-0.05, 0) is 16.7 Å². The van der Waals surface area contributed by atoms with E-state index in [0.717, 1.165) is 5.56 Å². The van der Waals surface area contributed by atoms with Gasteiger partial charge in [-0.1, -0.05) is 54.6 Å². The first-order valence-corrected chi connectivity index (χ1v) is 5.52. The van der Waals surface area contributed by atoms with Crippen LogP contribution in [0.25, 0.3) is 0 Å². The van der Waals surface area contributed by atoms with Crippen molar-refractivity contribution in [2.24, 2.45) is 0 Å².